The van der Waals surface area contributed by atoms with Crippen molar-refractivity contribution in [3.05, 3.63) is 58.1 Å². The number of aromatic hydroxyl groups is 1. The number of phenolic OH excluding ortho intramolecular Hbond substituents is 1. The van der Waals surface area contributed by atoms with Crippen LogP contribution in [-0.4, -0.2) is 5.11 Å². The van der Waals surface area contributed by atoms with Gasteiger partial charge >= 0.3 is 0 Å². The molecule has 3 heteroatoms. The van der Waals surface area contributed by atoms with Crippen LogP contribution in [0.15, 0.2) is 46.9 Å². The molecule has 0 amide bonds. The van der Waals surface area contributed by atoms with Gasteiger partial charge in [-0.2, -0.15) is 0 Å². The number of benzene rings is 2. The Labute approximate surface area is 116 Å². The van der Waals surface area contributed by atoms with Crippen LogP contribution in [0.4, 0.5) is 5.69 Å². The first kappa shape index (κ1) is 13.0. The van der Waals surface area contributed by atoms with E-state index in [0.717, 1.165) is 15.7 Å². The van der Waals surface area contributed by atoms with E-state index < -0.39 is 0 Å². The zero-order valence-corrected chi connectivity index (χ0v) is 12.0. The second kappa shape index (κ2) is 5.44. The van der Waals surface area contributed by atoms with Gasteiger partial charge in [0.05, 0.1) is 0 Å². The molecular weight excluding hydrogens is 290 g/mol. The molecule has 0 bridgehead atoms. The molecule has 2 aromatic rings. The predicted octanol–water partition coefficient (Wildman–Crippen LogP) is 4.64. The van der Waals surface area contributed by atoms with Crippen LogP contribution in [-0.2, 0) is 0 Å². The summed E-state index contributed by atoms with van der Waals surface area (Å²) in [6.45, 7) is 3.98. The summed E-state index contributed by atoms with van der Waals surface area (Å²) < 4.78 is 1.07. The minimum Gasteiger partial charge on any atom is -0.508 e. The fraction of sp³-hybridized carbons (Fsp3) is 0.200. The van der Waals surface area contributed by atoms with Crippen molar-refractivity contribution in [2.24, 2.45) is 0 Å². The summed E-state index contributed by atoms with van der Waals surface area (Å²) in [5, 5.41) is 13.1. The van der Waals surface area contributed by atoms with Gasteiger partial charge < -0.3 is 10.4 Å². The maximum Gasteiger partial charge on any atom is 0.120 e. The maximum atomic E-state index is 9.68. The van der Waals surface area contributed by atoms with Gasteiger partial charge in [0.2, 0.25) is 0 Å². The highest BCUT2D eigenvalue weighted by Crippen LogP contribution is 2.25. The van der Waals surface area contributed by atoms with Crippen molar-refractivity contribution in [1.29, 1.82) is 0 Å². The van der Waals surface area contributed by atoms with E-state index in [2.05, 4.69) is 40.3 Å². The lowest BCUT2D eigenvalue weighted by Gasteiger charge is -2.16. The molecule has 0 saturated carbocycles. The molecule has 2 aromatic carbocycles. The Kier molecular flexibility index (Phi) is 3.92. The average molecular weight is 306 g/mol. The molecule has 2 nitrogen and oxygen atoms in total. The van der Waals surface area contributed by atoms with Gasteiger partial charge in [-0.15, -0.1) is 0 Å². The molecule has 0 fully saturated rings. The van der Waals surface area contributed by atoms with Crippen LogP contribution >= 0.6 is 15.9 Å². The third-order valence-electron chi connectivity index (χ3n) is 2.94. The number of hydrogen-bond donors (Lipinski definition) is 2. The Hall–Kier alpha value is -1.48. The summed E-state index contributed by atoms with van der Waals surface area (Å²) in [5.41, 5.74) is 3.01. The number of rotatable bonds is 3. The lowest BCUT2D eigenvalue weighted by atomic mass is 10.1. The fourth-order valence-corrected chi connectivity index (χ4v) is 2.23. The highest BCUT2D eigenvalue weighted by molar-refractivity contribution is 9.10. The van der Waals surface area contributed by atoms with E-state index in [4.69, 9.17) is 0 Å². The van der Waals surface area contributed by atoms with Gasteiger partial charge in [-0.3, -0.25) is 0 Å². The highest BCUT2D eigenvalue weighted by atomic mass is 79.9. The molecule has 0 aliphatic carbocycles. The number of halogens is 1. The minimum absolute atomic E-state index is 0.185. The Bertz CT molecular complexity index is 554. The van der Waals surface area contributed by atoms with E-state index in [1.54, 1.807) is 6.07 Å². The van der Waals surface area contributed by atoms with Crippen LogP contribution < -0.4 is 5.32 Å². The van der Waals surface area contributed by atoms with Gasteiger partial charge in [0.15, 0.2) is 0 Å². The predicted molar refractivity (Wildman–Crippen MR) is 79.0 cm³/mol. The zero-order valence-electron chi connectivity index (χ0n) is 10.4. The second-order valence-electron chi connectivity index (χ2n) is 4.42. The molecule has 0 heterocycles. The summed E-state index contributed by atoms with van der Waals surface area (Å²) >= 11 is 3.47. The van der Waals surface area contributed by atoms with E-state index >= 15 is 0 Å². The van der Waals surface area contributed by atoms with E-state index in [-0.39, 0.29) is 6.04 Å². The molecule has 18 heavy (non-hydrogen) atoms. The molecule has 2 N–H and O–H groups in total. The number of hydrogen-bond acceptors (Lipinski definition) is 2. The zero-order chi connectivity index (χ0) is 13.1. The van der Waals surface area contributed by atoms with Gasteiger partial charge in [-0.25, -0.2) is 0 Å². The smallest absolute Gasteiger partial charge is 0.120 e. The summed E-state index contributed by atoms with van der Waals surface area (Å²) in [4.78, 5) is 0. The molecule has 0 aliphatic heterocycles. The lowest BCUT2D eigenvalue weighted by Crippen LogP contribution is -2.06. The minimum atomic E-state index is 0.185. The second-order valence-corrected chi connectivity index (χ2v) is 5.34. The maximum absolute atomic E-state index is 9.68. The number of anilines is 1. The monoisotopic (exact) mass is 305 g/mol. The number of phenols is 1. The first-order valence-electron chi connectivity index (χ1n) is 5.88. The van der Waals surface area contributed by atoms with Gasteiger partial charge in [0.1, 0.15) is 5.75 Å². The first-order valence-corrected chi connectivity index (χ1v) is 6.67. The molecular formula is C15H16BrNO. The van der Waals surface area contributed by atoms with Crippen molar-refractivity contribution < 1.29 is 5.11 Å². The molecule has 0 aromatic heterocycles. The molecule has 94 valence electrons. The lowest BCUT2D eigenvalue weighted by molar-refractivity contribution is 0.471. The van der Waals surface area contributed by atoms with Crippen LogP contribution in [0.1, 0.15) is 24.1 Å². The molecule has 0 radical (unpaired) electrons. The van der Waals surface area contributed by atoms with E-state index in [0.29, 0.717) is 5.75 Å². The Balaban J connectivity index is 2.16. The standard InChI is InChI=1S/C15H16BrNO/c1-10-6-7-14(9-15(10)18)17-11(2)12-4-3-5-13(16)8-12/h3-9,11,17-18H,1-2H3. The Morgan fingerprint density at radius 2 is 1.94 bits per heavy atom. The first-order chi connectivity index (χ1) is 8.56. The quantitative estimate of drug-likeness (QED) is 0.866. The van der Waals surface area contributed by atoms with Crippen LogP contribution in [0.5, 0.6) is 5.75 Å². The van der Waals surface area contributed by atoms with E-state index in [9.17, 15) is 5.11 Å². The summed E-state index contributed by atoms with van der Waals surface area (Å²) in [6.07, 6.45) is 0. The van der Waals surface area contributed by atoms with Crippen LogP contribution in [0.25, 0.3) is 0 Å². The van der Waals surface area contributed by atoms with E-state index in [1.165, 1.54) is 5.56 Å². The van der Waals surface area contributed by atoms with Crippen LogP contribution in [0.2, 0.25) is 0 Å². The van der Waals surface area contributed by atoms with Gasteiger partial charge in [0.25, 0.3) is 0 Å². The average Bonchev–Trinajstić information content (AvgIpc) is 2.34. The molecule has 0 spiro atoms. The normalized spacial score (nSPS) is 12.2. The van der Waals surface area contributed by atoms with Gasteiger partial charge in [-0.1, -0.05) is 34.1 Å². The molecule has 0 aliphatic rings. The van der Waals surface area contributed by atoms with Gasteiger partial charge in [-0.05, 0) is 43.2 Å². The van der Waals surface area contributed by atoms with Crippen molar-refractivity contribution >= 4 is 21.6 Å². The summed E-state index contributed by atoms with van der Waals surface area (Å²) in [6, 6.07) is 14.0. The number of nitrogens with one attached hydrogen (secondary N) is 1. The van der Waals surface area contributed by atoms with Crippen molar-refractivity contribution in [3.8, 4) is 5.75 Å². The fourth-order valence-electron chi connectivity index (χ4n) is 1.81. The van der Waals surface area contributed by atoms with Crippen molar-refractivity contribution in [2.45, 2.75) is 19.9 Å². The van der Waals surface area contributed by atoms with Gasteiger partial charge in [0, 0.05) is 22.3 Å². The van der Waals surface area contributed by atoms with E-state index in [1.807, 2.05) is 31.2 Å². The SMILES string of the molecule is Cc1ccc(NC(C)c2cccc(Br)c2)cc1O. The van der Waals surface area contributed by atoms with Crippen molar-refractivity contribution in [1.82, 2.24) is 0 Å². The molecule has 1 unspecified atom stereocenters. The molecule has 2 rings (SSSR count). The summed E-state index contributed by atoms with van der Waals surface area (Å²) in [7, 11) is 0. The van der Waals surface area contributed by atoms with Crippen LogP contribution in [0.3, 0.4) is 0 Å². The molecule has 0 saturated heterocycles. The van der Waals surface area contributed by atoms with Crippen LogP contribution in [0, 0.1) is 6.92 Å². The molecule has 1 atom stereocenters. The Morgan fingerprint density at radius 3 is 2.61 bits per heavy atom. The third-order valence-corrected chi connectivity index (χ3v) is 3.43. The topological polar surface area (TPSA) is 32.3 Å². The van der Waals surface area contributed by atoms with Crippen molar-refractivity contribution in [2.75, 3.05) is 5.32 Å². The largest absolute Gasteiger partial charge is 0.508 e. The third kappa shape index (κ3) is 3.05. The van der Waals surface area contributed by atoms with Crippen molar-refractivity contribution in [3.63, 3.8) is 0 Å². The number of aryl methyl sites for hydroxylation is 1. The highest BCUT2D eigenvalue weighted by Gasteiger charge is 2.06. The summed E-state index contributed by atoms with van der Waals surface area (Å²) in [5.74, 6) is 0.321. The Morgan fingerprint density at radius 1 is 1.17 bits per heavy atom.